The number of carbonyl (C=O) groups is 1. The second kappa shape index (κ2) is 5.65. The Morgan fingerprint density at radius 2 is 2.11 bits per heavy atom. The Morgan fingerprint density at radius 3 is 2.78 bits per heavy atom. The van der Waals surface area contributed by atoms with Crippen LogP contribution < -0.4 is 4.90 Å². The van der Waals surface area contributed by atoms with Crippen LogP contribution in [0.1, 0.15) is 15.9 Å². The molecule has 0 fully saturated rings. The van der Waals surface area contributed by atoms with E-state index in [1.54, 1.807) is 31.4 Å². The molecule has 2 aromatic rings. The van der Waals surface area contributed by atoms with Gasteiger partial charge in [0, 0.05) is 24.7 Å². The molecule has 1 aromatic carbocycles. The second-order valence-corrected chi connectivity index (χ2v) is 4.15. The lowest BCUT2D eigenvalue weighted by atomic mass is 10.1. The molecule has 0 radical (unpaired) electrons. The van der Waals surface area contributed by atoms with Gasteiger partial charge < -0.3 is 0 Å². The van der Waals surface area contributed by atoms with Crippen LogP contribution in [0.5, 0.6) is 0 Å². The van der Waals surface area contributed by atoms with Crippen molar-refractivity contribution in [1.29, 1.82) is 0 Å². The Hall–Kier alpha value is -1.87. The number of nitrogens with zero attached hydrogens (tertiary/aromatic N) is 2. The molecule has 0 aliphatic carbocycles. The highest BCUT2D eigenvalue weighted by molar-refractivity contribution is 6.17. The van der Waals surface area contributed by atoms with E-state index in [2.05, 4.69) is 4.98 Å². The first-order chi connectivity index (χ1) is 8.72. The standard InChI is InChI=1S/C14H13ClN2O/c1-17(13-7-2-3-8-16-13)14(18)12-6-4-5-11(9-12)10-15/h2-9H,10H2,1H3. The molecule has 1 aromatic heterocycles. The van der Waals surface area contributed by atoms with E-state index in [-0.39, 0.29) is 5.91 Å². The molecule has 92 valence electrons. The topological polar surface area (TPSA) is 33.2 Å². The second-order valence-electron chi connectivity index (χ2n) is 3.89. The fourth-order valence-corrected chi connectivity index (χ4v) is 1.80. The molecule has 4 heteroatoms. The maximum absolute atomic E-state index is 12.3. The average Bonchev–Trinajstić information content (AvgIpc) is 2.46. The van der Waals surface area contributed by atoms with E-state index in [1.807, 2.05) is 24.3 Å². The van der Waals surface area contributed by atoms with Crippen molar-refractivity contribution in [3.63, 3.8) is 0 Å². The minimum absolute atomic E-state index is 0.0966. The van der Waals surface area contributed by atoms with Crippen LogP contribution in [0.3, 0.4) is 0 Å². The molecule has 0 bridgehead atoms. The average molecular weight is 261 g/mol. The number of pyridine rings is 1. The Kier molecular flexibility index (Phi) is 3.95. The minimum atomic E-state index is -0.0966. The van der Waals surface area contributed by atoms with Crippen molar-refractivity contribution in [3.8, 4) is 0 Å². The van der Waals surface area contributed by atoms with Crippen LogP contribution in [0, 0.1) is 0 Å². The summed E-state index contributed by atoms with van der Waals surface area (Å²) < 4.78 is 0. The number of amides is 1. The Bertz CT molecular complexity index is 543. The van der Waals surface area contributed by atoms with Gasteiger partial charge in [-0.05, 0) is 29.8 Å². The zero-order valence-corrected chi connectivity index (χ0v) is 10.8. The van der Waals surface area contributed by atoms with E-state index in [1.165, 1.54) is 4.90 Å². The lowest BCUT2D eigenvalue weighted by molar-refractivity contribution is 0.0992. The first-order valence-corrected chi connectivity index (χ1v) is 6.10. The van der Waals surface area contributed by atoms with Crippen molar-refractivity contribution in [2.45, 2.75) is 5.88 Å². The summed E-state index contributed by atoms with van der Waals surface area (Å²) in [4.78, 5) is 17.9. The van der Waals surface area contributed by atoms with E-state index in [0.717, 1.165) is 5.56 Å². The molecular formula is C14H13ClN2O. The molecule has 1 heterocycles. The summed E-state index contributed by atoms with van der Waals surface area (Å²) in [6.45, 7) is 0. The Morgan fingerprint density at radius 1 is 1.28 bits per heavy atom. The quantitative estimate of drug-likeness (QED) is 0.795. The van der Waals surface area contributed by atoms with E-state index >= 15 is 0 Å². The van der Waals surface area contributed by atoms with E-state index in [0.29, 0.717) is 17.3 Å². The summed E-state index contributed by atoms with van der Waals surface area (Å²) in [6.07, 6.45) is 1.66. The highest BCUT2D eigenvalue weighted by atomic mass is 35.5. The fraction of sp³-hybridized carbons (Fsp3) is 0.143. The molecule has 0 saturated heterocycles. The summed E-state index contributed by atoms with van der Waals surface area (Å²) in [5.41, 5.74) is 1.54. The summed E-state index contributed by atoms with van der Waals surface area (Å²) in [6, 6.07) is 12.8. The number of halogens is 1. The molecular weight excluding hydrogens is 248 g/mol. The molecule has 0 atom stereocenters. The monoisotopic (exact) mass is 260 g/mol. The molecule has 2 rings (SSSR count). The van der Waals surface area contributed by atoms with Gasteiger partial charge in [0.15, 0.2) is 0 Å². The van der Waals surface area contributed by atoms with Gasteiger partial charge in [0.05, 0.1) is 0 Å². The molecule has 0 unspecified atom stereocenters. The van der Waals surface area contributed by atoms with E-state index in [4.69, 9.17) is 11.6 Å². The molecule has 0 N–H and O–H groups in total. The first kappa shape index (κ1) is 12.6. The van der Waals surface area contributed by atoms with Crippen LogP contribution in [-0.2, 0) is 5.88 Å². The SMILES string of the molecule is CN(C(=O)c1cccc(CCl)c1)c1ccccn1. The Balaban J connectivity index is 2.25. The third-order valence-corrected chi connectivity index (χ3v) is 2.93. The summed E-state index contributed by atoms with van der Waals surface area (Å²) in [5, 5.41) is 0. The molecule has 0 aliphatic heterocycles. The Labute approximate surface area is 111 Å². The summed E-state index contributed by atoms with van der Waals surface area (Å²) >= 11 is 5.76. The van der Waals surface area contributed by atoms with Gasteiger partial charge in [-0.1, -0.05) is 18.2 Å². The molecule has 1 amide bonds. The number of anilines is 1. The lowest BCUT2D eigenvalue weighted by Gasteiger charge is -2.16. The molecule has 3 nitrogen and oxygen atoms in total. The van der Waals surface area contributed by atoms with Crippen LogP contribution in [-0.4, -0.2) is 17.9 Å². The maximum atomic E-state index is 12.3. The molecule has 0 saturated carbocycles. The molecule has 0 spiro atoms. The van der Waals surface area contributed by atoms with Gasteiger partial charge in [0.1, 0.15) is 5.82 Å². The summed E-state index contributed by atoms with van der Waals surface area (Å²) in [7, 11) is 1.71. The minimum Gasteiger partial charge on any atom is -0.296 e. The van der Waals surface area contributed by atoms with Crippen molar-refractivity contribution >= 4 is 23.3 Å². The van der Waals surface area contributed by atoms with Crippen molar-refractivity contribution in [2.24, 2.45) is 0 Å². The van der Waals surface area contributed by atoms with Gasteiger partial charge in [0.2, 0.25) is 0 Å². The van der Waals surface area contributed by atoms with Gasteiger partial charge in [-0.25, -0.2) is 4.98 Å². The first-order valence-electron chi connectivity index (χ1n) is 5.56. The van der Waals surface area contributed by atoms with Gasteiger partial charge in [0.25, 0.3) is 5.91 Å². The highest BCUT2D eigenvalue weighted by Gasteiger charge is 2.14. The largest absolute Gasteiger partial charge is 0.296 e. The van der Waals surface area contributed by atoms with Gasteiger partial charge in [-0.2, -0.15) is 0 Å². The van der Waals surface area contributed by atoms with E-state index in [9.17, 15) is 4.79 Å². The van der Waals surface area contributed by atoms with Crippen LogP contribution >= 0.6 is 11.6 Å². The van der Waals surface area contributed by atoms with Crippen LogP contribution in [0.25, 0.3) is 0 Å². The van der Waals surface area contributed by atoms with Crippen LogP contribution in [0.2, 0.25) is 0 Å². The predicted octanol–water partition coefficient (Wildman–Crippen LogP) is 3.10. The number of hydrogen-bond donors (Lipinski definition) is 0. The third kappa shape index (κ3) is 2.68. The van der Waals surface area contributed by atoms with Gasteiger partial charge in [-0.15, -0.1) is 11.6 Å². The number of hydrogen-bond acceptors (Lipinski definition) is 2. The van der Waals surface area contributed by atoms with Crippen molar-refractivity contribution < 1.29 is 4.79 Å². The number of carbonyl (C=O) groups excluding carboxylic acids is 1. The number of benzene rings is 1. The highest BCUT2D eigenvalue weighted by Crippen LogP contribution is 2.14. The normalized spacial score (nSPS) is 10.1. The smallest absolute Gasteiger partial charge is 0.259 e. The molecule has 0 aliphatic rings. The van der Waals surface area contributed by atoms with Crippen LogP contribution in [0.4, 0.5) is 5.82 Å². The van der Waals surface area contributed by atoms with Crippen molar-refractivity contribution in [3.05, 3.63) is 59.8 Å². The van der Waals surface area contributed by atoms with Gasteiger partial charge in [-0.3, -0.25) is 9.69 Å². The third-order valence-electron chi connectivity index (χ3n) is 2.63. The van der Waals surface area contributed by atoms with Gasteiger partial charge >= 0.3 is 0 Å². The van der Waals surface area contributed by atoms with E-state index < -0.39 is 0 Å². The maximum Gasteiger partial charge on any atom is 0.259 e. The zero-order valence-electron chi connectivity index (χ0n) is 10.0. The number of aromatic nitrogens is 1. The predicted molar refractivity (Wildman–Crippen MR) is 73.0 cm³/mol. The fourth-order valence-electron chi connectivity index (χ4n) is 1.64. The molecule has 18 heavy (non-hydrogen) atoms. The summed E-state index contributed by atoms with van der Waals surface area (Å²) in [5.74, 6) is 0.925. The number of alkyl halides is 1. The number of rotatable bonds is 3. The lowest BCUT2D eigenvalue weighted by Crippen LogP contribution is -2.27. The zero-order chi connectivity index (χ0) is 13.0. The van der Waals surface area contributed by atoms with Crippen molar-refractivity contribution in [2.75, 3.05) is 11.9 Å². The van der Waals surface area contributed by atoms with Crippen molar-refractivity contribution in [1.82, 2.24) is 4.98 Å². The van der Waals surface area contributed by atoms with Crippen LogP contribution in [0.15, 0.2) is 48.7 Å².